The van der Waals surface area contributed by atoms with E-state index < -0.39 is 17.5 Å². The highest BCUT2D eigenvalue weighted by Gasteiger charge is 2.18. The molecular weight excluding hydrogens is 304 g/mol. The maximum absolute atomic E-state index is 13.7. The molecule has 0 unspecified atom stereocenters. The molecule has 0 aliphatic heterocycles. The van der Waals surface area contributed by atoms with Crippen LogP contribution in [0.25, 0.3) is 0 Å². The quantitative estimate of drug-likeness (QED) is 0.848. The summed E-state index contributed by atoms with van der Waals surface area (Å²) in [5.74, 6) is -0.963. The lowest BCUT2D eigenvalue weighted by Crippen LogP contribution is -2.27. The van der Waals surface area contributed by atoms with Gasteiger partial charge in [0.2, 0.25) is 0 Å². The molecule has 2 aromatic carbocycles. The largest absolute Gasteiger partial charge is 0.497 e. The highest BCUT2D eigenvalue weighted by Crippen LogP contribution is 2.26. The van der Waals surface area contributed by atoms with E-state index in [2.05, 4.69) is 0 Å². The van der Waals surface area contributed by atoms with Crippen LogP contribution in [0.4, 0.5) is 8.78 Å². The number of ether oxygens (including phenoxy) is 2. The maximum Gasteiger partial charge on any atom is 0.256 e. The second-order valence-corrected chi connectivity index (χ2v) is 4.96. The van der Waals surface area contributed by atoms with E-state index in [1.807, 2.05) is 0 Å². The standard InChI is InChI=1S/C17H17F2NO3/c1-20(17(21)14-7-5-12(18)8-15(14)19)10-11-4-6-13(22-2)9-16(11)23-3/h4-9H,10H2,1-3H3. The van der Waals surface area contributed by atoms with E-state index >= 15 is 0 Å². The second kappa shape index (κ2) is 7.09. The minimum absolute atomic E-state index is 0.179. The van der Waals surface area contributed by atoms with Crippen molar-refractivity contribution in [3.05, 3.63) is 59.2 Å². The fourth-order valence-corrected chi connectivity index (χ4v) is 2.18. The first-order valence-electron chi connectivity index (χ1n) is 6.87. The molecule has 0 aromatic heterocycles. The summed E-state index contributed by atoms with van der Waals surface area (Å²) in [6, 6.07) is 8.09. The van der Waals surface area contributed by atoms with Crippen LogP contribution in [0.3, 0.4) is 0 Å². The summed E-state index contributed by atoms with van der Waals surface area (Å²) < 4.78 is 37.0. The van der Waals surface area contributed by atoms with Gasteiger partial charge in [0.1, 0.15) is 23.1 Å². The van der Waals surface area contributed by atoms with Gasteiger partial charge in [0.25, 0.3) is 5.91 Å². The van der Waals surface area contributed by atoms with Crippen LogP contribution in [0.2, 0.25) is 0 Å². The Morgan fingerprint density at radius 1 is 1.09 bits per heavy atom. The number of carbonyl (C=O) groups excluding carboxylic acids is 1. The Balaban J connectivity index is 2.21. The summed E-state index contributed by atoms with van der Waals surface area (Å²) in [4.78, 5) is 13.6. The molecule has 6 heteroatoms. The molecule has 2 rings (SSSR count). The van der Waals surface area contributed by atoms with Gasteiger partial charge in [-0.15, -0.1) is 0 Å². The van der Waals surface area contributed by atoms with Gasteiger partial charge in [0, 0.05) is 31.3 Å². The van der Waals surface area contributed by atoms with Gasteiger partial charge in [-0.1, -0.05) is 0 Å². The molecule has 0 fully saturated rings. The van der Waals surface area contributed by atoms with Crippen molar-refractivity contribution in [2.75, 3.05) is 21.3 Å². The Morgan fingerprint density at radius 3 is 2.43 bits per heavy atom. The van der Waals surface area contributed by atoms with Crippen molar-refractivity contribution in [3.8, 4) is 11.5 Å². The molecule has 2 aromatic rings. The molecule has 0 saturated carbocycles. The Bertz CT molecular complexity index is 719. The third-order valence-electron chi connectivity index (χ3n) is 3.41. The molecule has 0 radical (unpaired) electrons. The van der Waals surface area contributed by atoms with Gasteiger partial charge in [-0.25, -0.2) is 8.78 Å². The number of halogens is 2. The van der Waals surface area contributed by atoms with Gasteiger partial charge in [-0.2, -0.15) is 0 Å². The number of carbonyl (C=O) groups is 1. The molecule has 0 aliphatic rings. The summed E-state index contributed by atoms with van der Waals surface area (Å²) in [6.07, 6.45) is 0. The van der Waals surface area contributed by atoms with Crippen molar-refractivity contribution >= 4 is 5.91 Å². The summed E-state index contributed by atoms with van der Waals surface area (Å²) in [6.45, 7) is 0.211. The number of amides is 1. The fraction of sp³-hybridized carbons (Fsp3) is 0.235. The third-order valence-corrected chi connectivity index (χ3v) is 3.41. The Labute approximate surface area is 133 Å². The molecule has 0 N–H and O–H groups in total. The number of benzene rings is 2. The van der Waals surface area contributed by atoms with Gasteiger partial charge >= 0.3 is 0 Å². The normalized spacial score (nSPS) is 10.3. The number of hydrogen-bond donors (Lipinski definition) is 0. The van der Waals surface area contributed by atoms with Gasteiger partial charge in [0.15, 0.2) is 0 Å². The van der Waals surface area contributed by atoms with Gasteiger partial charge in [0.05, 0.1) is 19.8 Å². The number of rotatable bonds is 5. The molecule has 0 aliphatic carbocycles. The molecule has 122 valence electrons. The maximum atomic E-state index is 13.7. The van der Waals surface area contributed by atoms with Crippen molar-refractivity contribution in [1.29, 1.82) is 0 Å². The average Bonchev–Trinajstić information content (AvgIpc) is 2.54. The number of hydrogen-bond acceptors (Lipinski definition) is 3. The van der Waals surface area contributed by atoms with Crippen LogP contribution in [-0.4, -0.2) is 32.1 Å². The van der Waals surface area contributed by atoms with Crippen LogP contribution >= 0.6 is 0 Å². The van der Waals surface area contributed by atoms with Crippen molar-refractivity contribution in [2.45, 2.75) is 6.54 Å². The van der Waals surface area contributed by atoms with Crippen molar-refractivity contribution < 1.29 is 23.0 Å². The lowest BCUT2D eigenvalue weighted by atomic mass is 10.1. The molecule has 0 heterocycles. The van der Waals surface area contributed by atoms with Gasteiger partial charge in [-0.05, 0) is 24.3 Å². The lowest BCUT2D eigenvalue weighted by Gasteiger charge is -2.19. The van der Waals surface area contributed by atoms with Crippen LogP contribution in [0, 0.1) is 11.6 Å². The van der Waals surface area contributed by atoms with Crippen molar-refractivity contribution in [2.24, 2.45) is 0 Å². The van der Waals surface area contributed by atoms with E-state index in [0.717, 1.165) is 17.7 Å². The van der Waals surface area contributed by atoms with Crippen LogP contribution in [0.15, 0.2) is 36.4 Å². The first kappa shape index (κ1) is 16.7. The zero-order valence-corrected chi connectivity index (χ0v) is 13.1. The van der Waals surface area contributed by atoms with Crippen molar-refractivity contribution in [3.63, 3.8) is 0 Å². The van der Waals surface area contributed by atoms with E-state index in [1.165, 1.54) is 19.1 Å². The van der Waals surface area contributed by atoms with E-state index in [1.54, 1.807) is 25.3 Å². The molecule has 4 nitrogen and oxygen atoms in total. The van der Waals surface area contributed by atoms with E-state index in [9.17, 15) is 13.6 Å². The number of nitrogens with zero attached hydrogens (tertiary/aromatic N) is 1. The second-order valence-electron chi connectivity index (χ2n) is 4.96. The molecule has 0 saturated heterocycles. The van der Waals surface area contributed by atoms with Gasteiger partial charge in [-0.3, -0.25) is 4.79 Å². The molecule has 0 bridgehead atoms. The molecule has 1 amide bonds. The highest BCUT2D eigenvalue weighted by atomic mass is 19.1. The average molecular weight is 321 g/mol. The molecular formula is C17H17F2NO3. The smallest absolute Gasteiger partial charge is 0.256 e. The zero-order valence-electron chi connectivity index (χ0n) is 13.1. The highest BCUT2D eigenvalue weighted by molar-refractivity contribution is 5.94. The first-order valence-corrected chi connectivity index (χ1v) is 6.87. The predicted octanol–water partition coefficient (Wildman–Crippen LogP) is 3.25. The molecule has 0 atom stereocenters. The van der Waals surface area contributed by atoms with E-state index in [0.29, 0.717) is 17.6 Å². The molecule has 23 heavy (non-hydrogen) atoms. The summed E-state index contributed by atoms with van der Waals surface area (Å²) >= 11 is 0. The van der Waals surface area contributed by atoms with E-state index in [4.69, 9.17) is 9.47 Å². The van der Waals surface area contributed by atoms with E-state index in [-0.39, 0.29) is 12.1 Å². The monoisotopic (exact) mass is 321 g/mol. The van der Waals surface area contributed by atoms with Crippen LogP contribution in [0.5, 0.6) is 11.5 Å². The van der Waals surface area contributed by atoms with Crippen molar-refractivity contribution in [1.82, 2.24) is 4.90 Å². The Kier molecular flexibility index (Phi) is 5.16. The first-order chi connectivity index (χ1) is 11.0. The fourth-order valence-electron chi connectivity index (χ4n) is 2.18. The topological polar surface area (TPSA) is 38.8 Å². The summed E-state index contributed by atoms with van der Waals surface area (Å²) in [5, 5.41) is 0. The summed E-state index contributed by atoms with van der Waals surface area (Å²) in [5.41, 5.74) is 0.563. The predicted molar refractivity (Wildman–Crippen MR) is 81.7 cm³/mol. The molecule has 0 spiro atoms. The van der Waals surface area contributed by atoms with Crippen LogP contribution in [-0.2, 0) is 6.54 Å². The SMILES string of the molecule is COc1ccc(CN(C)C(=O)c2ccc(F)cc2F)c(OC)c1. The number of methoxy groups -OCH3 is 2. The Hall–Kier alpha value is -2.63. The lowest BCUT2D eigenvalue weighted by molar-refractivity contribution is 0.0779. The zero-order chi connectivity index (χ0) is 17.0. The van der Waals surface area contributed by atoms with Crippen LogP contribution in [0.1, 0.15) is 15.9 Å². The van der Waals surface area contributed by atoms with Gasteiger partial charge < -0.3 is 14.4 Å². The summed E-state index contributed by atoms with van der Waals surface area (Å²) in [7, 11) is 4.59. The van der Waals surface area contributed by atoms with Crippen LogP contribution < -0.4 is 9.47 Å². The third kappa shape index (κ3) is 3.77. The Morgan fingerprint density at radius 2 is 1.83 bits per heavy atom. The minimum atomic E-state index is -0.886. The minimum Gasteiger partial charge on any atom is -0.497 e.